The van der Waals surface area contributed by atoms with Gasteiger partial charge in [0.05, 0.1) is 0 Å². The van der Waals surface area contributed by atoms with Crippen molar-refractivity contribution in [2.45, 2.75) is 20.8 Å². The molecule has 0 aliphatic heterocycles. The third-order valence-corrected chi connectivity index (χ3v) is 1.59. The standard InChI is InChI=1S/C8H15NS/c1-7(6-9-10-5)8(2,3)4/h6H,1H2,2-5H3. The molecule has 0 radical (unpaired) electrons. The van der Waals surface area contributed by atoms with E-state index in [4.69, 9.17) is 0 Å². The number of allylic oxidation sites excluding steroid dienone is 1. The Morgan fingerprint density at radius 2 is 2.00 bits per heavy atom. The van der Waals surface area contributed by atoms with E-state index in [-0.39, 0.29) is 5.41 Å². The van der Waals surface area contributed by atoms with Gasteiger partial charge in [-0.05, 0) is 22.9 Å². The molecular weight excluding hydrogens is 142 g/mol. The third-order valence-electron chi connectivity index (χ3n) is 1.28. The van der Waals surface area contributed by atoms with Crippen molar-refractivity contribution in [3.63, 3.8) is 0 Å². The van der Waals surface area contributed by atoms with Gasteiger partial charge in [-0.3, -0.25) is 0 Å². The summed E-state index contributed by atoms with van der Waals surface area (Å²) in [7, 11) is 0. The van der Waals surface area contributed by atoms with Gasteiger partial charge in [-0.1, -0.05) is 27.4 Å². The molecule has 0 spiro atoms. The smallest absolute Gasteiger partial charge is 0.0382 e. The molecule has 0 aromatic rings. The zero-order valence-corrected chi connectivity index (χ0v) is 7.96. The summed E-state index contributed by atoms with van der Waals surface area (Å²) in [5, 5.41) is 0. The summed E-state index contributed by atoms with van der Waals surface area (Å²) in [5.74, 6) is 0. The van der Waals surface area contributed by atoms with Crippen LogP contribution in [0.4, 0.5) is 0 Å². The van der Waals surface area contributed by atoms with Crippen LogP contribution in [0.2, 0.25) is 0 Å². The van der Waals surface area contributed by atoms with Gasteiger partial charge in [0.15, 0.2) is 0 Å². The van der Waals surface area contributed by atoms with E-state index in [1.165, 1.54) is 11.9 Å². The zero-order valence-electron chi connectivity index (χ0n) is 7.14. The van der Waals surface area contributed by atoms with E-state index in [1.807, 2.05) is 12.5 Å². The van der Waals surface area contributed by atoms with Crippen LogP contribution in [0.15, 0.2) is 16.5 Å². The predicted molar refractivity (Wildman–Crippen MR) is 50.6 cm³/mol. The van der Waals surface area contributed by atoms with Crippen molar-refractivity contribution in [1.29, 1.82) is 0 Å². The van der Waals surface area contributed by atoms with Crippen molar-refractivity contribution in [1.82, 2.24) is 0 Å². The Balaban J connectivity index is 3.98. The molecule has 0 aliphatic carbocycles. The van der Waals surface area contributed by atoms with E-state index in [9.17, 15) is 0 Å². The van der Waals surface area contributed by atoms with Gasteiger partial charge >= 0.3 is 0 Å². The van der Waals surface area contributed by atoms with Crippen molar-refractivity contribution in [2.24, 2.45) is 9.81 Å². The zero-order chi connectivity index (χ0) is 8.20. The quantitative estimate of drug-likeness (QED) is 0.443. The van der Waals surface area contributed by atoms with Gasteiger partial charge in [0.2, 0.25) is 0 Å². The normalized spacial score (nSPS) is 12.4. The molecule has 1 nitrogen and oxygen atoms in total. The molecule has 0 aromatic heterocycles. The fraction of sp³-hybridized carbons (Fsp3) is 0.625. The van der Waals surface area contributed by atoms with Gasteiger partial charge < -0.3 is 0 Å². The van der Waals surface area contributed by atoms with Gasteiger partial charge in [-0.25, -0.2) is 4.40 Å². The van der Waals surface area contributed by atoms with E-state index < -0.39 is 0 Å². The maximum atomic E-state index is 4.03. The minimum absolute atomic E-state index is 0.152. The second-order valence-electron chi connectivity index (χ2n) is 3.19. The van der Waals surface area contributed by atoms with Gasteiger partial charge in [-0.15, -0.1) is 0 Å². The van der Waals surface area contributed by atoms with Gasteiger partial charge in [0, 0.05) is 12.5 Å². The van der Waals surface area contributed by atoms with Crippen LogP contribution in [0, 0.1) is 5.41 Å². The summed E-state index contributed by atoms with van der Waals surface area (Å²) >= 11 is 1.45. The van der Waals surface area contributed by atoms with Crippen LogP contribution in [-0.2, 0) is 0 Å². The fourth-order valence-corrected chi connectivity index (χ4v) is 0.543. The molecule has 0 saturated carbocycles. The molecule has 0 aliphatic rings. The highest BCUT2D eigenvalue weighted by Gasteiger charge is 2.11. The molecule has 0 unspecified atom stereocenters. The Morgan fingerprint density at radius 3 is 2.30 bits per heavy atom. The lowest BCUT2D eigenvalue weighted by molar-refractivity contribution is 0.528. The van der Waals surface area contributed by atoms with Crippen LogP contribution in [-0.4, -0.2) is 12.5 Å². The van der Waals surface area contributed by atoms with Crippen LogP contribution < -0.4 is 0 Å². The Labute approximate surface area is 67.8 Å². The molecule has 0 N–H and O–H groups in total. The summed E-state index contributed by atoms with van der Waals surface area (Å²) in [6.07, 6.45) is 3.76. The maximum Gasteiger partial charge on any atom is 0.0382 e. The van der Waals surface area contributed by atoms with Crippen molar-refractivity contribution >= 4 is 18.2 Å². The lowest BCUT2D eigenvalue weighted by atomic mass is 9.88. The molecular formula is C8H15NS. The van der Waals surface area contributed by atoms with Crippen LogP contribution in [0.3, 0.4) is 0 Å². The Kier molecular flexibility index (Phi) is 3.72. The molecule has 10 heavy (non-hydrogen) atoms. The van der Waals surface area contributed by atoms with Crippen molar-refractivity contribution in [2.75, 3.05) is 6.26 Å². The number of nitrogens with zero attached hydrogens (tertiary/aromatic N) is 1. The molecule has 0 fully saturated rings. The highest BCUT2D eigenvalue weighted by Crippen LogP contribution is 2.21. The van der Waals surface area contributed by atoms with Crippen molar-refractivity contribution in [3.8, 4) is 0 Å². The molecule has 0 heterocycles. The molecule has 0 rings (SSSR count). The average Bonchev–Trinajstić information content (AvgIpc) is 1.80. The van der Waals surface area contributed by atoms with Crippen molar-refractivity contribution in [3.05, 3.63) is 12.2 Å². The summed E-state index contributed by atoms with van der Waals surface area (Å²) in [6, 6.07) is 0. The largest absolute Gasteiger partial charge is 0.225 e. The summed E-state index contributed by atoms with van der Waals surface area (Å²) < 4.78 is 4.03. The maximum absolute atomic E-state index is 4.03. The molecule has 0 saturated heterocycles. The summed E-state index contributed by atoms with van der Waals surface area (Å²) in [4.78, 5) is 0. The molecule has 0 atom stereocenters. The van der Waals surface area contributed by atoms with E-state index in [1.54, 1.807) is 0 Å². The SMILES string of the molecule is C=C(C=NSC)C(C)(C)C. The van der Waals surface area contributed by atoms with Crippen LogP contribution >= 0.6 is 11.9 Å². The van der Waals surface area contributed by atoms with Crippen LogP contribution in [0.25, 0.3) is 0 Å². The van der Waals surface area contributed by atoms with Crippen molar-refractivity contribution < 1.29 is 0 Å². The molecule has 0 aromatic carbocycles. The first-order valence-corrected chi connectivity index (χ1v) is 4.42. The summed E-state index contributed by atoms with van der Waals surface area (Å²) in [6.45, 7) is 10.3. The minimum Gasteiger partial charge on any atom is -0.225 e. The lowest BCUT2D eigenvalue weighted by Crippen LogP contribution is -2.08. The van der Waals surface area contributed by atoms with Crippen LogP contribution in [0.1, 0.15) is 20.8 Å². The molecule has 0 bridgehead atoms. The average molecular weight is 157 g/mol. The first-order chi connectivity index (χ1) is 4.48. The second kappa shape index (κ2) is 3.81. The second-order valence-corrected chi connectivity index (χ2v) is 3.77. The summed E-state index contributed by atoms with van der Waals surface area (Å²) in [5.41, 5.74) is 1.22. The predicted octanol–water partition coefficient (Wildman–Crippen LogP) is 2.94. The highest BCUT2D eigenvalue weighted by molar-refractivity contribution is 7.97. The van der Waals surface area contributed by atoms with Gasteiger partial charge in [0.1, 0.15) is 0 Å². The van der Waals surface area contributed by atoms with Gasteiger partial charge in [0.25, 0.3) is 0 Å². The van der Waals surface area contributed by atoms with Crippen LogP contribution in [0.5, 0.6) is 0 Å². The third kappa shape index (κ3) is 3.72. The van der Waals surface area contributed by atoms with E-state index in [0.717, 1.165) is 5.57 Å². The first-order valence-electron chi connectivity index (χ1n) is 3.24. The fourth-order valence-electron chi connectivity index (χ4n) is 0.310. The molecule has 0 amide bonds. The number of rotatable bonds is 2. The Bertz CT molecular complexity index is 142. The monoisotopic (exact) mass is 157 g/mol. The Hall–Kier alpha value is -0.240. The lowest BCUT2D eigenvalue weighted by Gasteiger charge is -2.17. The molecule has 2 heteroatoms. The van der Waals surface area contributed by atoms with E-state index >= 15 is 0 Å². The number of hydrogen-bond donors (Lipinski definition) is 0. The van der Waals surface area contributed by atoms with E-state index in [0.29, 0.717) is 0 Å². The Morgan fingerprint density at radius 1 is 1.50 bits per heavy atom. The van der Waals surface area contributed by atoms with E-state index in [2.05, 4.69) is 31.7 Å². The topological polar surface area (TPSA) is 12.4 Å². The number of hydrogen-bond acceptors (Lipinski definition) is 2. The first kappa shape index (κ1) is 9.76. The van der Waals surface area contributed by atoms with Gasteiger partial charge in [-0.2, -0.15) is 0 Å². The highest BCUT2D eigenvalue weighted by atomic mass is 32.2. The minimum atomic E-state index is 0.152. The molecule has 58 valence electrons.